The van der Waals surface area contributed by atoms with Crippen LogP contribution in [0.5, 0.6) is 5.75 Å². The molecule has 1 saturated carbocycles. The monoisotopic (exact) mass is 437 g/mol. The van der Waals surface area contributed by atoms with Crippen LogP contribution < -0.4 is 15.8 Å². The molecule has 1 heterocycles. The minimum Gasteiger partial charge on any atom is -0.490 e. The van der Waals surface area contributed by atoms with E-state index < -0.39 is 23.6 Å². The lowest BCUT2D eigenvalue weighted by molar-refractivity contribution is -0.151. The molecule has 1 aromatic carbocycles. The Morgan fingerprint density at radius 2 is 1.81 bits per heavy atom. The Bertz CT molecular complexity index is 757. The Kier molecular flexibility index (Phi) is 9.22. The quantitative estimate of drug-likeness (QED) is 0.326. The summed E-state index contributed by atoms with van der Waals surface area (Å²) >= 11 is 0. The van der Waals surface area contributed by atoms with Crippen molar-refractivity contribution in [3.63, 3.8) is 0 Å². The van der Waals surface area contributed by atoms with Crippen molar-refractivity contribution in [3.05, 3.63) is 29.8 Å². The number of hydrogen-bond acceptors (Lipinski definition) is 7. The summed E-state index contributed by atoms with van der Waals surface area (Å²) < 4.78 is 14.9. The maximum Gasteiger partial charge on any atom is 0.336 e. The number of carboxylic acid groups (broad SMARTS) is 2. The van der Waals surface area contributed by atoms with Gasteiger partial charge in [0.25, 0.3) is 0 Å². The zero-order chi connectivity index (χ0) is 22.9. The molecule has 0 radical (unpaired) electrons. The van der Waals surface area contributed by atoms with E-state index in [1.54, 1.807) is 12.1 Å². The number of aliphatic carboxylic acids is 2. The van der Waals surface area contributed by atoms with Crippen molar-refractivity contribution in [2.24, 2.45) is 10.7 Å². The lowest BCUT2D eigenvalue weighted by atomic mass is 10.1. The van der Waals surface area contributed by atoms with E-state index in [-0.39, 0.29) is 12.6 Å². The van der Waals surface area contributed by atoms with Gasteiger partial charge in [-0.05, 0) is 63.0 Å². The van der Waals surface area contributed by atoms with Crippen LogP contribution in [0.2, 0.25) is 0 Å². The first-order chi connectivity index (χ1) is 14.8. The van der Waals surface area contributed by atoms with E-state index in [4.69, 9.17) is 30.2 Å². The SMILES string of the molecule is COC1(C(=O)O)CC1.CO[C@@H](COc1ccc(C(N)=NC2CCNCC2)cc1)C(=O)O. The van der Waals surface area contributed by atoms with Gasteiger partial charge < -0.3 is 35.5 Å². The summed E-state index contributed by atoms with van der Waals surface area (Å²) in [6.07, 6.45) is 2.34. The highest BCUT2D eigenvalue weighted by molar-refractivity contribution is 5.97. The predicted octanol–water partition coefficient (Wildman–Crippen LogP) is 0.872. The number of nitrogens with one attached hydrogen (secondary N) is 1. The second kappa shape index (κ2) is 11.6. The van der Waals surface area contributed by atoms with Crippen LogP contribution in [0.15, 0.2) is 29.3 Å². The largest absolute Gasteiger partial charge is 0.490 e. The molecule has 2 fully saturated rings. The predicted molar refractivity (Wildman–Crippen MR) is 114 cm³/mol. The van der Waals surface area contributed by atoms with Crippen molar-refractivity contribution in [2.45, 2.75) is 43.4 Å². The van der Waals surface area contributed by atoms with Gasteiger partial charge in [0.05, 0.1) is 6.04 Å². The minimum atomic E-state index is -1.05. The van der Waals surface area contributed by atoms with Gasteiger partial charge in [-0.3, -0.25) is 4.99 Å². The number of carbonyl (C=O) groups is 2. The molecule has 1 saturated heterocycles. The number of piperidine rings is 1. The standard InChI is InChI=1S/C16H23N3O4.C5H8O3/c1-22-14(16(20)21)10-23-13-4-2-11(3-5-13)15(17)19-12-6-8-18-9-7-12;1-8-5(2-3-5)4(6)7/h2-5,12,14,18H,6-10H2,1H3,(H2,17,19)(H,20,21);2-3H2,1H3,(H,6,7)/t14-;/m0./s1. The van der Waals surface area contributed by atoms with Crippen LogP contribution in [0, 0.1) is 0 Å². The maximum atomic E-state index is 10.8. The van der Waals surface area contributed by atoms with E-state index in [9.17, 15) is 9.59 Å². The van der Waals surface area contributed by atoms with Crippen LogP contribution in [0.3, 0.4) is 0 Å². The van der Waals surface area contributed by atoms with E-state index in [1.807, 2.05) is 12.1 Å². The van der Waals surface area contributed by atoms with Gasteiger partial charge >= 0.3 is 11.9 Å². The molecule has 10 heteroatoms. The first kappa shape index (κ1) is 24.6. The molecule has 5 N–H and O–H groups in total. The molecule has 0 unspecified atom stereocenters. The molecule has 172 valence electrons. The molecule has 1 atom stereocenters. The summed E-state index contributed by atoms with van der Waals surface area (Å²) in [5.41, 5.74) is 6.09. The summed E-state index contributed by atoms with van der Waals surface area (Å²) in [6.45, 7) is 1.89. The summed E-state index contributed by atoms with van der Waals surface area (Å²) in [6, 6.07) is 7.39. The van der Waals surface area contributed by atoms with Crippen molar-refractivity contribution < 1.29 is 34.0 Å². The molecule has 3 rings (SSSR count). The average molecular weight is 437 g/mol. The molecule has 0 spiro atoms. The van der Waals surface area contributed by atoms with Gasteiger partial charge in [-0.15, -0.1) is 0 Å². The summed E-state index contributed by atoms with van der Waals surface area (Å²) in [5.74, 6) is -0.807. The molecular weight excluding hydrogens is 406 g/mol. The first-order valence-electron chi connectivity index (χ1n) is 10.1. The minimum absolute atomic E-state index is 0.0518. The van der Waals surface area contributed by atoms with E-state index in [2.05, 4.69) is 10.3 Å². The fourth-order valence-electron chi connectivity index (χ4n) is 2.96. The number of nitrogens with zero attached hydrogens (tertiary/aromatic N) is 1. The third-order valence-electron chi connectivity index (χ3n) is 5.23. The van der Waals surface area contributed by atoms with E-state index in [1.165, 1.54) is 14.2 Å². The Labute approximate surface area is 181 Å². The highest BCUT2D eigenvalue weighted by Gasteiger charge is 2.50. The normalized spacial score (nSPS) is 19.0. The Balaban J connectivity index is 0.000000357. The first-order valence-corrected chi connectivity index (χ1v) is 10.1. The van der Waals surface area contributed by atoms with Crippen LogP contribution in [-0.4, -0.2) is 79.7 Å². The van der Waals surface area contributed by atoms with Gasteiger partial charge in [-0.1, -0.05) is 0 Å². The Morgan fingerprint density at radius 1 is 1.19 bits per heavy atom. The number of benzene rings is 1. The van der Waals surface area contributed by atoms with E-state index >= 15 is 0 Å². The number of ether oxygens (including phenoxy) is 3. The van der Waals surface area contributed by atoms with E-state index in [0.29, 0.717) is 24.4 Å². The molecule has 31 heavy (non-hydrogen) atoms. The van der Waals surface area contributed by atoms with E-state index in [0.717, 1.165) is 31.5 Å². The van der Waals surface area contributed by atoms with Crippen LogP contribution >= 0.6 is 0 Å². The number of methoxy groups -OCH3 is 2. The van der Waals surface area contributed by atoms with Crippen molar-refractivity contribution in [1.82, 2.24) is 5.32 Å². The van der Waals surface area contributed by atoms with Crippen molar-refractivity contribution in [1.29, 1.82) is 0 Å². The molecule has 1 aliphatic carbocycles. The molecule has 0 amide bonds. The summed E-state index contributed by atoms with van der Waals surface area (Å²) in [7, 11) is 2.77. The number of carboxylic acids is 2. The topological polar surface area (TPSA) is 153 Å². The van der Waals surface area contributed by atoms with Gasteiger partial charge in [0.1, 0.15) is 18.2 Å². The fourth-order valence-corrected chi connectivity index (χ4v) is 2.96. The summed E-state index contributed by atoms with van der Waals surface area (Å²) in [4.78, 5) is 25.6. The number of amidine groups is 1. The number of rotatable bonds is 9. The van der Waals surface area contributed by atoms with Gasteiger partial charge in [-0.25, -0.2) is 9.59 Å². The van der Waals surface area contributed by atoms with Crippen LogP contribution in [-0.2, 0) is 19.1 Å². The average Bonchev–Trinajstić information content (AvgIpc) is 3.57. The van der Waals surface area contributed by atoms with Crippen molar-refractivity contribution in [3.8, 4) is 5.75 Å². The molecule has 0 aromatic heterocycles. The molecule has 10 nitrogen and oxygen atoms in total. The molecule has 0 bridgehead atoms. The molecular formula is C21H31N3O7. The zero-order valence-corrected chi connectivity index (χ0v) is 17.9. The lowest BCUT2D eigenvalue weighted by Gasteiger charge is -2.19. The van der Waals surface area contributed by atoms with Gasteiger partial charge in [0, 0.05) is 19.8 Å². The van der Waals surface area contributed by atoms with Crippen LogP contribution in [0.4, 0.5) is 0 Å². The van der Waals surface area contributed by atoms with Gasteiger partial charge in [-0.2, -0.15) is 0 Å². The second-order valence-electron chi connectivity index (χ2n) is 7.40. The fraction of sp³-hybridized carbons (Fsp3) is 0.571. The molecule has 1 aliphatic heterocycles. The number of hydrogen-bond donors (Lipinski definition) is 4. The lowest BCUT2D eigenvalue weighted by Crippen LogP contribution is -2.31. The van der Waals surface area contributed by atoms with Crippen LogP contribution in [0.1, 0.15) is 31.2 Å². The molecule has 1 aromatic rings. The van der Waals surface area contributed by atoms with Gasteiger partial charge in [0.15, 0.2) is 11.7 Å². The molecule has 2 aliphatic rings. The Hall–Kier alpha value is -2.69. The third kappa shape index (κ3) is 7.50. The van der Waals surface area contributed by atoms with Crippen molar-refractivity contribution in [2.75, 3.05) is 33.9 Å². The highest BCUT2D eigenvalue weighted by atomic mass is 16.5. The Morgan fingerprint density at radius 3 is 2.23 bits per heavy atom. The number of aliphatic imine (C=N–C) groups is 1. The van der Waals surface area contributed by atoms with Crippen molar-refractivity contribution >= 4 is 17.8 Å². The third-order valence-corrected chi connectivity index (χ3v) is 5.23. The smallest absolute Gasteiger partial charge is 0.336 e. The van der Waals surface area contributed by atoms with Gasteiger partial charge in [0.2, 0.25) is 0 Å². The zero-order valence-electron chi connectivity index (χ0n) is 17.9. The number of nitrogens with two attached hydrogens (primary N) is 1. The maximum absolute atomic E-state index is 10.8. The summed E-state index contributed by atoms with van der Waals surface area (Å²) in [5, 5.41) is 20.6. The highest BCUT2D eigenvalue weighted by Crippen LogP contribution is 2.38. The second-order valence-corrected chi connectivity index (χ2v) is 7.40. The van der Waals surface area contributed by atoms with Crippen LogP contribution in [0.25, 0.3) is 0 Å².